The Hall–Kier alpha value is -3.16. The number of benzene rings is 2. The van der Waals surface area contributed by atoms with Crippen molar-refractivity contribution in [3.05, 3.63) is 76.7 Å². The van der Waals surface area contributed by atoms with E-state index < -0.39 is 0 Å². The molecule has 0 saturated heterocycles. The molecule has 0 radical (unpaired) electrons. The second kappa shape index (κ2) is 11.5. The number of nitrogens with one attached hydrogen (secondary N) is 2. The fourth-order valence-corrected chi connectivity index (χ4v) is 4.12. The third-order valence-corrected chi connectivity index (χ3v) is 6.06. The summed E-state index contributed by atoms with van der Waals surface area (Å²) in [5.74, 6) is 0.237. The smallest absolute Gasteiger partial charge is 0.261 e. The van der Waals surface area contributed by atoms with E-state index in [1.54, 1.807) is 13.2 Å². The SMILES string of the molecule is COc1cc(-c2ccc(C(=O)NCCCN(C)C)s2)ccc1C(=O)NCc1ccccc1. The van der Waals surface area contributed by atoms with Crippen molar-refractivity contribution in [2.24, 2.45) is 0 Å². The second-order valence-corrected chi connectivity index (χ2v) is 8.74. The van der Waals surface area contributed by atoms with Crippen LogP contribution < -0.4 is 15.4 Å². The molecule has 2 amide bonds. The molecule has 0 aliphatic carbocycles. The first-order chi connectivity index (χ1) is 15.5. The molecule has 0 bridgehead atoms. The van der Waals surface area contributed by atoms with Crippen molar-refractivity contribution in [3.8, 4) is 16.2 Å². The van der Waals surface area contributed by atoms with E-state index in [2.05, 4.69) is 15.5 Å². The van der Waals surface area contributed by atoms with Crippen LogP contribution in [0.3, 0.4) is 0 Å². The van der Waals surface area contributed by atoms with Gasteiger partial charge in [0.15, 0.2) is 0 Å². The second-order valence-electron chi connectivity index (χ2n) is 7.66. The first-order valence-corrected chi connectivity index (χ1v) is 11.3. The molecule has 1 heterocycles. The van der Waals surface area contributed by atoms with Crippen molar-refractivity contribution in [1.29, 1.82) is 0 Å². The molecule has 0 unspecified atom stereocenters. The molecule has 6 nitrogen and oxygen atoms in total. The van der Waals surface area contributed by atoms with Crippen LogP contribution in [0.5, 0.6) is 5.75 Å². The van der Waals surface area contributed by atoms with Gasteiger partial charge in [-0.2, -0.15) is 0 Å². The normalized spacial score (nSPS) is 10.8. The van der Waals surface area contributed by atoms with E-state index in [0.717, 1.165) is 29.0 Å². The van der Waals surface area contributed by atoms with Crippen LogP contribution in [-0.2, 0) is 6.54 Å². The minimum absolute atomic E-state index is 0.0659. The van der Waals surface area contributed by atoms with Crippen LogP contribution in [0.1, 0.15) is 32.0 Å². The van der Waals surface area contributed by atoms with E-state index in [9.17, 15) is 9.59 Å². The quantitative estimate of drug-likeness (QED) is 0.457. The standard InChI is InChI=1S/C25H29N3O3S/c1-28(2)15-7-14-26-25(30)23-13-12-22(32-23)19-10-11-20(21(16-19)31-3)24(29)27-17-18-8-5-4-6-9-18/h4-6,8-13,16H,7,14-15,17H2,1-3H3,(H,26,30)(H,27,29). The lowest BCUT2D eigenvalue weighted by Gasteiger charge is -2.11. The van der Waals surface area contributed by atoms with Gasteiger partial charge >= 0.3 is 0 Å². The first-order valence-electron chi connectivity index (χ1n) is 10.5. The van der Waals surface area contributed by atoms with Crippen molar-refractivity contribution < 1.29 is 14.3 Å². The van der Waals surface area contributed by atoms with Gasteiger partial charge in [0.2, 0.25) is 0 Å². The Kier molecular flexibility index (Phi) is 8.41. The third-order valence-electron chi connectivity index (χ3n) is 4.92. The van der Waals surface area contributed by atoms with Gasteiger partial charge in [-0.1, -0.05) is 36.4 Å². The summed E-state index contributed by atoms with van der Waals surface area (Å²) < 4.78 is 5.48. The lowest BCUT2D eigenvalue weighted by atomic mass is 10.1. The summed E-state index contributed by atoms with van der Waals surface area (Å²) in [4.78, 5) is 28.8. The minimum atomic E-state index is -0.193. The van der Waals surface area contributed by atoms with Gasteiger partial charge in [-0.05, 0) is 62.5 Å². The molecular weight excluding hydrogens is 422 g/mol. The minimum Gasteiger partial charge on any atom is -0.496 e. The van der Waals surface area contributed by atoms with Gasteiger partial charge in [-0.3, -0.25) is 9.59 Å². The Balaban J connectivity index is 1.65. The predicted molar refractivity (Wildman–Crippen MR) is 129 cm³/mol. The molecule has 168 valence electrons. The molecular formula is C25H29N3O3S. The summed E-state index contributed by atoms with van der Waals surface area (Å²) in [6.07, 6.45) is 0.905. The zero-order chi connectivity index (χ0) is 22.9. The van der Waals surface area contributed by atoms with Crippen LogP contribution in [0, 0.1) is 0 Å². The van der Waals surface area contributed by atoms with Crippen molar-refractivity contribution >= 4 is 23.2 Å². The van der Waals surface area contributed by atoms with Crippen molar-refractivity contribution in [2.45, 2.75) is 13.0 Å². The lowest BCUT2D eigenvalue weighted by Crippen LogP contribution is -2.26. The van der Waals surface area contributed by atoms with Crippen molar-refractivity contribution in [1.82, 2.24) is 15.5 Å². The Labute approximate surface area is 193 Å². The first kappa shape index (κ1) is 23.5. The van der Waals surface area contributed by atoms with Crippen LogP contribution in [0.2, 0.25) is 0 Å². The maximum atomic E-state index is 12.7. The number of thiophene rings is 1. The van der Waals surface area contributed by atoms with E-state index in [0.29, 0.717) is 29.3 Å². The summed E-state index contributed by atoms with van der Waals surface area (Å²) in [7, 11) is 5.58. The van der Waals surface area contributed by atoms with Crippen molar-refractivity contribution in [2.75, 3.05) is 34.3 Å². The molecule has 2 aromatic carbocycles. The Bertz CT molecular complexity index is 1050. The molecule has 0 aliphatic heterocycles. The summed E-state index contributed by atoms with van der Waals surface area (Å²) in [6.45, 7) is 2.02. The average Bonchev–Trinajstić information content (AvgIpc) is 3.31. The highest BCUT2D eigenvalue weighted by Crippen LogP contribution is 2.32. The van der Waals surface area contributed by atoms with Crippen LogP contribution in [-0.4, -0.2) is 51.0 Å². The monoisotopic (exact) mass is 451 g/mol. The molecule has 0 fully saturated rings. The number of methoxy groups -OCH3 is 1. The Morgan fingerprint density at radius 3 is 2.47 bits per heavy atom. The maximum absolute atomic E-state index is 12.7. The maximum Gasteiger partial charge on any atom is 0.261 e. The van der Waals surface area contributed by atoms with Gasteiger partial charge in [-0.25, -0.2) is 0 Å². The highest BCUT2D eigenvalue weighted by atomic mass is 32.1. The molecule has 2 N–H and O–H groups in total. The number of hydrogen-bond donors (Lipinski definition) is 2. The van der Waals surface area contributed by atoms with Gasteiger partial charge < -0.3 is 20.3 Å². The molecule has 7 heteroatoms. The van der Waals surface area contributed by atoms with Crippen LogP contribution in [0.15, 0.2) is 60.7 Å². The molecule has 3 rings (SSSR count). The summed E-state index contributed by atoms with van der Waals surface area (Å²) in [5.41, 5.74) is 2.41. The summed E-state index contributed by atoms with van der Waals surface area (Å²) >= 11 is 1.42. The summed E-state index contributed by atoms with van der Waals surface area (Å²) in [5, 5.41) is 5.89. The Morgan fingerprint density at radius 2 is 1.75 bits per heavy atom. The molecule has 0 aliphatic rings. The number of nitrogens with zero attached hydrogens (tertiary/aromatic N) is 1. The number of carbonyl (C=O) groups excluding carboxylic acids is 2. The van der Waals surface area contributed by atoms with Gasteiger partial charge in [0, 0.05) is 18.0 Å². The molecule has 32 heavy (non-hydrogen) atoms. The van der Waals surface area contributed by atoms with E-state index in [4.69, 9.17) is 4.74 Å². The number of ether oxygens (including phenoxy) is 1. The highest BCUT2D eigenvalue weighted by molar-refractivity contribution is 7.17. The van der Waals surface area contributed by atoms with Crippen molar-refractivity contribution in [3.63, 3.8) is 0 Å². The number of rotatable bonds is 10. The van der Waals surface area contributed by atoms with Gasteiger partial charge in [0.05, 0.1) is 17.6 Å². The number of amides is 2. The van der Waals surface area contributed by atoms with E-state index in [-0.39, 0.29) is 11.8 Å². The third kappa shape index (κ3) is 6.42. The Morgan fingerprint density at radius 1 is 0.969 bits per heavy atom. The molecule has 3 aromatic rings. The average molecular weight is 452 g/mol. The lowest BCUT2D eigenvalue weighted by molar-refractivity contribution is 0.0943. The zero-order valence-electron chi connectivity index (χ0n) is 18.7. The zero-order valence-corrected chi connectivity index (χ0v) is 19.5. The van der Waals surface area contributed by atoms with Crippen LogP contribution in [0.25, 0.3) is 10.4 Å². The summed E-state index contributed by atoms with van der Waals surface area (Å²) in [6, 6.07) is 19.0. The fraction of sp³-hybridized carbons (Fsp3) is 0.280. The van der Waals surface area contributed by atoms with E-state index in [1.165, 1.54) is 11.3 Å². The van der Waals surface area contributed by atoms with E-state index in [1.807, 2.05) is 68.7 Å². The van der Waals surface area contributed by atoms with Gasteiger partial charge in [0.25, 0.3) is 11.8 Å². The number of hydrogen-bond acceptors (Lipinski definition) is 5. The van der Waals surface area contributed by atoms with Gasteiger partial charge in [-0.15, -0.1) is 11.3 Å². The largest absolute Gasteiger partial charge is 0.496 e. The van der Waals surface area contributed by atoms with Gasteiger partial charge in [0.1, 0.15) is 5.75 Å². The van der Waals surface area contributed by atoms with E-state index >= 15 is 0 Å². The van der Waals surface area contributed by atoms with Crippen LogP contribution in [0.4, 0.5) is 0 Å². The van der Waals surface area contributed by atoms with Crippen LogP contribution >= 0.6 is 11.3 Å². The predicted octanol–water partition coefficient (Wildman–Crippen LogP) is 4.04. The molecule has 1 aromatic heterocycles. The molecule has 0 spiro atoms. The topological polar surface area (TPSA) is 70.7 Å². The molecule has 0 atom stereocenters. The number of carbonyl (C=O) groups is 2. The fourth-order valence-electron chi connectivity index (χ4n) is 3.20. The highest BCUT2D eigenvalue weighted by Gasteiger charge is 2.15. The molecule has 0 saturated carbocycles.